The first kappa shape index (κ1) is 16.4. The molecule has 0 fully saturated rings. The monoisotopic (exact) mass is 282 g/mol. The van der Waals surface area contributed by atoms with Crippen molar-refractivity contribution in [1.82, 2.24) is 5.32 Å². The van der Waals surface area contributed by atoms with Gasteiger partial charge in [0.2, 0.25) is 0 Å². The Morgan fingerprint density at radius 1 is 1.35 bits per heavy atom. The predicted molar refractivity (Wildman–Crippen MR) is 77.1 cm³/mol. The molecule has 1 aromatic rings. The van der Waals surface area contributed by atoms with Crippen LogP contribution in [0.2, 0.25) is 0 Å². The van der Waals surface area contributed by atoms with Crippen molar-refractivity contribution < 1.29 is 14.4 Å². The molecule has 0 aliphatic rings. The lowest BCUT2D eigenvalue weighted by molar-refractivity contribution is -0.385. The molecule has 0 atom stereocenters. The van der Waals surface area contributed by atoms with Crippen molar-refractivity contribution in [3.63, 3.8) is 0 Å². The van der Waals surface area contributed by atoms with Crippen LogP contribution in [0, 0.1) is 10.1 Å². The van der Waals surface area contributed by atoms with Gasteiger partial charge in [-0.05, 0) is 31.0 Å². The summed E-state index contributed by atoms with van der Waals surface area (Å²) in [6.45, 7) is 5.03. The van der Waals surface area contributed by atoms with Crippen LogP contribution in [0.25, 0.3) is 0 Å². The van der Waals surface area contributed by atoms with Gasteiger partial charge in [-0.25, -0.2) is 0 Å². The quantitative estimate of drug-likeness (QED) is 0.405. The molecule has 0 heterocycles. The SMILES string of the molecule is CCCOCCCNCc1ccc(OC)c([N+](=O)[O-])c1. The van der Waals surface area contributed by atoms with Crippen molar-refractivity contribution in [3.05, 3.63) is 33.9 Å². The molecule has 20 heavy (non-hydrogen) atoms. The maximum Gasteiger partial charge on any atom is 0.311 e. The number of nitro groups is 1. The minimum Gasteiger partial charge on any atom is -0.490 e. The number of nitro benzene ring substituents is 1. The zero-order valence-corrected chi connectivity index (χ0v) is 12.1. The lowest BCUT2D eigenvalue weighted by atomic mass is 10.2. The summed E-state index contributed by atoms with van der Waals surface area (Å²) < 4.78 is 10.3. The molecule has 1 N–H and O–H groups in total. The van der Waals surface area contributed by atoms with Crippen molar-refractivity contribution >= 4 is 5.69 Å². The summed E-state index contributed by atoms with van der Waals surface area (Å²) in [6, 6.07) is 4.99. The van der Waals surface area contributed by atoms with Gasteiger partial charge >= 0.3 is 5.69 Å². The third-order valence-electron chi connectivity index (χ3n) is 2.76. The smallest absolute Gasteiger partial charge is 0.311 e. The average molecular weight is 282 g/mol. The molecule has 0 aromatic heterocycles. The maximum absolute atomic E-state index is 10.9. The Bertz CT molecular complexity index is 424. The largest absolute Gasteiger partial charge is 0.490 e. The lowest BCUT2D eigenvalue weighted by Gasteiger charge is -2.07. The number of hydrogen-bond acceptors (Lipinski definition) is 5. The first-order valence-electron chi connectivity index (χ1n) is 6.78. The van der Waals surface area contributed by atoms with E-state index >= 15 is 0 Å². The average Bonchev–Trinajstić information content (AvgIpc) is 2.46. The van der Waals surface area contributed by atoms with Gasteiger partial charge in [0.05, 0.1) is 12.0 Å². The molecule has 0 unspecified atom stereocenters. The van der Waals surface area contributed by atoms with Gasteiger partial charge in [-0.15, -0.1) is 0 Å². The van der Waals surface area contributed by atoms with Crippen LogP contribution in [0.4, 0.5) is 5.69 Å². The molecule has 112 valence electrons. The van der Waals surface area contributed by atoms with E-state index in [1.165, 1.54) is 7.11 Å². The van der Waals surface area contributed by atoms with Crippen LogP contribution in [-0.2, 0) is 11.3 Å². The van der Waals surface area contributed by atoms with Crippen LogP contribution in [0.1, 0.15) is 25.3 Å². The van der Waals surface area contributed by atoms with Crippen molar-refractivity contribution in [3.8, 4) is 5.75 Å². The van der Waals surface area contributed by atoms with Gasteiger partial charge in [-0.3, -0.25) is 10.1 Å². The number of hydrogen-bond donors (Lipinski definition) is 1. The second-order valence-electron chi connectivity index (χ2n) is 4.41. The number of methoxy groups -OCH3 is 1. The standard InChI is InChI=1S/C14H22N2O4/c1-3-8-20-9-4-7-15-11-12-5-6-14(19-2)13(10-12)16(17)18/h5-6,10,15H,3-4,7-9,11H2,1-2H3. The highest BCUT2D eigenvalue weighted by atomic mass is 16.6. The fourth-order valence-electron chi connectivity index (χ4n) is 1.77. The maximum atomic E-state index is 10.9. The molecule has 0 aliphatic heterocycles. The number of benzene rings is 1. The van der Waals surface area contributed by atoms with E-state index < -0.39 is 4.92 Å². The van der Waals surface area contributed by atoms with E-state index in [1.807, 2.05) is 6.07 Å². The number of ether oxygens (including phenoxy) is 2. The van der Waals surface area contributed by atoms with Crippen LogP contribution in [0.3, 0.4) is 0 Å². The molecular weight excluding hydrogens is 260 g/mol. The Balaban J connectivity index is 2.37. The minimum atomic E-state index is -0.430. The fourth-order valence-corrected chi connectivity index (χ4v) is 1.77. The van der Waals surface area contributed by atoms with Crippen LogP contribution < -0.4 is 10.1 Å². The van der Waals surface area contributed by atoms with Crippen molar-refractivity contribution in [2.45, 2.75) is 26.3 Å². The highest BCUT2D eigenvalue weighted by molar-refractivity contribution is 5.48. The third-order valence-corrected chi connectivity index (χ3v) is 2.76. The van der Waals surface area contributed by atoms with Gasteiger partial charge in [0.25, 0.3) is 0 Å². The van der Waals surface area contributed by atoms with Crippen LogP contribution in [-0.4, -0.2) is 31.8 Å². The zero-order chi connectivity index (χ0) is 14.8. The highest BCUT2D eigenvalue weighted by Crippen LogP contribution is 2.27. The number of rotatable bonds is 10. The van der Waals surface area contributed by atoms with E-state index in [0.717, 1.165) is 38.2 Å². The normalized spacial score (nSPS) is 10.5. The summed E-state index contributed by atoms with van der Waals surface area (Å²) in [5, 5.41) is 14.1. The molecule has 0 amide bonds. The second kappa shape index (κ2) is 9.28. The molecule has 6 heteroatoms. The van der Waals surface area contributed by atoms with Gasteiger partial charge in [0.15, 0.2) is 5.75 Å². The van der Waals surface area contributed by atoms with Gasteiger partial charge in [0.1, 0.15) is 0 Å². The van der Waals surface area contributed by atoms with E-state index in [4.69, 9.17) is 9.47 Å². The van der Waals surface area contributed by atoms with E-state index in [2.05, 4.69) is 12.2 Å². The second-order valence-corrected chi connectivity index (χ2v) is 4.41. The van der Waals surface area contributed by atoms with Crippen LogP contribution in [0.5, 0.6) is 5.75 Å². The Kier molecular flexibility index (Phi) is 7.60. The van der Waals surface area contributed by atoms with E-state index in [0.29, 0.717) is 6.54 Å². The van der Waals surface area contributed by atoms with Crippen molar-refractivity contribution in [1.29, 1.82) is 0 Å². The third kappa shape index (κ3) is 5.54. The summed E-state index contributed by atoms with van der Waals surface area (Å²) in [7, 11) is 1.43. The van der Waals surface area contributed by atoms with Gasteiger partial charge in [0, 0.05) is 25.8 Å². The van der Waals surface area contributed by atoms with Crippen LogP contribution in [0.15, 0.2) is 18.2 Å². The van der Waals surface area contributed by atoms with Crippen molar-refractivity contribution in [2.24, 2.45) is 0 Å². The van der Waals surface area contributed by atoms with Crippen LogP contribution >= 0.6 is 0 Å². The Morgan fingerprint density at radius 2 is 2.15 bits per heavy atom. The predicted octanol–water partition coefficient (Wildman–Crippen LogP) is 2.51. The van der Waals surface area contributed by atoms with Gasteiger partial charge in [-0.1, -0.05) is 13.0 Å². The number of nitrogens with one attached hydrogen (secondary N) is 1. The lowest BCUT2D eigenvalue weighted by Crippen LogP contribution is -2.16. The molecule has 1 aromatic carbocycles. The summed E-state index contributed by atoms with van der Waals surface area (Å²) >= 11 is 0. The van der Waals surface area contributed by atoms with Gasteiger partial charge in [-0.2, -0.15) is 0 Å². The Labute approximate surface area is 119 Å². The van der Waals surface area contributed by atoms with Crippen molar-refractivity contribution in [2.75, 3.05) is 26.9 Å². The fraction of sp³-hybridized carbons (Fsp3) is 0.571. The first-order valence-corrected chi connectivity index (χ1v) is 6.78. The minimum absolute atomic E-state index is 0.00178. The molecule has 0 saturated carbocycles. The summed E-state index contributed by atoms with van der Waals surface area (Å²) in [4.78, 5) is 10.5. The summed E-state index contributed by atoms with van der Waals surface area (Å²) in [6.07, 6.45) is 1.96. The molecule has 0 saturated heterocycles. The molecule has 6 nitrogen and oxygen atoms in total. The highest BCUT2D eigenvalue weighted by Gasteiger charge is 2.14. The Hall–Kier alpha value is -1.66. The van der Waals surface area contributed by atoms with Gasteiger partial charge < -0.3 is 14.8 Å². The number of nitrogens with zero attached hydrogens (tertiary/aromatic N) is 1. The molecule has 0 spiro atoms. The summed E-state index contributed by atoms with van der Waals surface area (Å²) in [5.74, 6) is 0.284. The Morgan fingerprint density at radius 3 is 2.80 bits per heavy atom. The first-order chi connectivity index (χ1) is 9.69. The molecular formula is C14H22N2O4. The molecule has 0 radical (unpaired) electrons. The van der Waals surface area contributed by atoms with E-state index in [9.17, 15) is 10.1 Å². The van der Waals surface area contributed by atoms with E-state index in [-0.39, 0.29) is 11.4 Å². The molecule has 1 rings (SSSR count). The topological polar surface area (TPSA) is 73.6 Å². The molecule has 0 bridgehead atoms. The summed E-state index contributed by atoms with van der Waals surface area (Å²) in [5.41, 5.74) is 0.866. The van der Waals surface area contributed by atoms with E-state index in [1.54, 1.807) is 12.1 Å². The zero-order valence-electron chi connectivity index (χ0n) is 12.1. The molecule has 0 aliphatic carbocycles.